The van der Waals surface area contributed by atoms with Gasteiger partial charge in [0.25, 0.3) is 0 Å². The number of nitrogens with one attached hydrogen (secondary N) is 1. The Morgan fingerprint density at radius 3 is 2.74 bits per heavy atom. The van der Waals surface area contributed by atoms with Crippen molar-refractivity contribution in [2.24, 2.45) is 0 Å². The Labute approximate surface area is 159 Å². The van der Waals surface area contributed by atoms with Crippen LogP contribution in [0.15, 0.2) is 36.5 Å². The summed E-state index contributed by atoms with van der Waals surface area (Å²) in [5, 5.41) is 2.96. The zero-order valence-corrected chi connectivity index (χ0v) is 15.7. The van der Waals surface area contributed by atoms with Gasteiger partial charge in [0.2, 0.25) is 5.91 Å². The minimum absolute atomic E-state index is 0.0665. The average molecular weight is 371 g/mol. The van der Waals surface area contributed by atoms with Crippen molar-refractivity contribution in [1.82, 2.24) is 10.3 Å². The Balaban J connectivity index is 1.58. The molecule has 1 aliphatic rings. The van der Waals surface area contributed by atoms with E-state index in [0.29, 0.717) is 31.3 Å². The summed E-state index contributed by atoms with van der Waals surface area (Å²) in [6.45, 7) is 3.55. The van der Waals surface area contributed by atoms with Crippen molar-refractivity contribution in [3.63, 3.8) is 0 Å². The van der Waals surface area contributed by atoms with E-state index in [1.165, 1.54) is 0 Å². The van der Waals surface area contributed by atoms with E-state index in [9.17, 15) is 4.79 Å². The molecule has 7 nitrogen and oxygen atoms in total. The van der Waals surface area contributed by atoms with Gasteiger partial charge in [0.05, 0.1) is 33.9 Å². The van der Waals surface area contributed by atoms with Crippen LogP contribution in [0.5, 0.6) is 11.5 Å². The van der Waals surface area contributed by atoms with Crippen molar-refractivity contribution in [2.75, 3.05) is 45.4 Å². The van der Waals surface area contributed by atoms with Crippen LogP contribution < -0.4 is 19.7 Å². The van der Waals surface area contributed by atoms with Gasteiger partial charge >= 0.3 is 0 Å². The zero-order valence-electron chi connectivity index (χ0n) is 15.7. The number of morpholine rings is 1. The molecule has 0 radical (unpaired) electrons. The Morgan fingerprint density at radius 2 is 2.00 bits per heavy atom. The highest BCUT2D eigenvalue weighted by atomic mass is 16.5. The number of nitrogens with zero attached hydrogens (tertiary/aromatic N) is 2. The van der Waals surface area contributed by atoms with Crippen LogP contribution in [0.3, 0.4) is 0 Å². The van der Waals surface area contributed by atoms with Crippen LogP contribution >= 0.6 is 0 Å². The lowest BCUT2D eigenvalue weighted by molar-refractivity contribution is -0.120. The van der Waals surface area contributed by atoms with Crippen LogP contribution in [0, 0.1) is 0 Å². The van der Waals surface area contributed by atoms with Gasteiger partial charge in [-0.2, -0.15) is 0 Å². The van der Waals surface area contributed by atoms with Crippen molar-refractivity contribution in [2.45, 2.75) is 13.0 Å². The van der Waals surface area contributed by atoms with Crippen molar-refractivity contribution in [1.29, 1.82) is 0 Å². The number of benzene rings is 1. The summed E-state index contributed by atoms with van der Waals surface area (Å²) in [4.78, 5) is 19.0. The monoisotopic (exact) mass is 371 g/mol. The van der Waals surface area contributed by atoms with E-state index in [1.54, 1.807) is 26.5 Å². The van der Waals surface area contributed by atoms with E-state index in [0.717, 1.165) is 30.0 Å². The molecule has 0 spiro atoms. The predicted octanol–water partition coefficient (Wildman–Crippen LogP) is 1.79. The lowest BCUT2D eigenvalue weighted by Gasteiger charge is -2.28. The van der Waals surface area contributed by atoms with Crippen molar-refractivity contribution < 1.29 is 19.0 Å². The topological polar surface area (TPSA) is 72.9 Å². The first-order chi connectivity index (χ1) is 13.2. The van der Waals surface area contributed by atoms with Gasteiger partial charge in [-0.15, -0.1) is 0 Å². The van der Waals surface area contributed by atoms with Gasteiger partial charge in [-0.05, 0) is 23.8 Å². The fraction of sp³-hybridized carbons (Fsp3) is 0.400. The third-order valence-electron chi connectivity index (χ3n) is 4.48. The van der Waals surface area contributed by atoms with E-state index in [2.05, 4.69) is 15.2 Å². The number of methoxy groups -OCH3 is 2. The fourth-order valence-corrected chi connectivity index (χ4v) is 2.97. The molecule has 1 aliphatic heterocycles. The smallest absolute Gasteiger partial charge is 0.224 e. The molecule has 2 heterocycles. The summed E-state index contributed by atoms with van der Waals surface area (Å²) in [6.07, 6.45) is 2.02. The number of anilines is 1. The number of aromatic nitrogens is 1. The maximum atomic E-state index is 12.4. The first kappa shape index (κ1) is 19.0. The zero-order chi connectivity index (χ0) is 19.1. The molecular weight excluding hydrogens is 346 g/mol. The van der Waals surface area contributed by atoms with E-state index >= 15 is 0 Å². The minimum atomic E-state index is -0.0665. The van der Waals surface area contributed by atoms with E-state index in [-0.39, 0.29) is 12.3 Å². The lowest BCUT2D eigenvalue weighted by Crippen LogP contribution is -2.36. The van der Waals surface area contributed by atoms with Crippen LogP contribution in [0.2, 0.25) is 0 Å². The molecule has 1 fully saturated rings. The van der Waals surface area contributed by atoms with Gasteiger partial charge in [-0.3, -0.25) is 4.79 Å². The molecule has 1 N–H and O–H groups in total. The fourth-order valence-electron chi connectivity index (χ4n) is 2.97. The van der Waals surface area contributed by atoms with Crippen molar-refractivity contribution in [3.8, 4) is 11.5 Å². The van der Waals surface area contributed by atoms with Crippen LogP contribution in [-0.2, 0) is 22.5 Å². The largest absolute Gasteiger partial charge is 0.497 e. The number of carbonyl (C=O) groups is 1. The quantitative estimate of drug-likeness (QED) is 0.800. The summed E-state index contributed by atoms with van der Waals surface area (Å²) in [7, 11) is 3.18. The molecule has 144 valence electrons. The summed E-state index contributed by atoms with van der Waals surface area (Å²) in [5.74, 6) is 2.19. The van der Waals surface area contributed by atoms with Gasteiger partial charge in [-0.1, -0.05) is 6.07 Å². The maximum Gasteiger partial charge on any atom is 0.224 e. The van der Waals surface area contributed by atoms with E-state index < -0.39 is 0 Å². The molecule has 0 unspecified atom stereocenters. The van der Waals surface area contributed by atoms with Crippen molar-refractivity contribution >= 4 is 11.7 Å². The van der Waals surface area contributed by atoms with Crippen LogP contribution in [-0.4, -0.2) is 51.4 Å². The molecule has 1 saturated heterocycles. The van der Waals surface area contributed by atoms with Crippen LogP contribution in [0.25, 0.3) is 0 Å². The SMILES string of the molecule is COc1ccc(CC(=O)NCc2ccnc(N3CCOCC3)c2)c(OC)c1. The highest BCUT2D eigenvalue weighted by Crippen LogP contribution is 2.25. The third kappa shape index (κ3) is 5.10. The molecule has 0 atom stereocenters. The Kier molecular flexibility index (Phi) is 6.49. The van der Waals surface area contributed by atoms with Crippen molar-refractivity contribution in [3.05, 3.63) is 47.7 Å². The molecular formula is C20H25N3O4. The normalized spacial score (nSPS) is 13.9. The number of hydrogen-bond donors (Lipinski definition) is 1. The number of ether oxygens (including phenoxy) is 3. The Morgan fingerprint density at radius 1 is 1.19 bits per heavy atom. The molecule has 2 aromatic rings. The second-order valence-electron chi connectivity index (χ2n) is 6.25. The molecule has 0 saturated carbocycles. The summed E-state index contributed by atoms with van der Waals surface area (Å²) in [5.41, 5.74) is 1.83. The Bertz CT molecular complexity index is 776. The Hall–Kier alpha value is -2.80. The second kappa shape index (κ2) is 9.23. The molecule has 1 aromatic heterocycles. The van der Waals surface area contributed by atoms with Crippen LogP contribution in [0.4, 0.5) is 5.82 Å². The van der Waals surface area contributed by atoms with Gasteiger partial charge in [-0.25, -0.2) is 4.98 Å². The first-order valence-corrected chi connectivity index (χ1v) is 8.95. The number of rotatable bonds is 7. The molecule has 1 aromatic carbocycles. The second-order valence-corrected chi connectivity index (χ2v) is 6.25. The summed E-state index contributed by atoms with van der Waals surface area (Å²) in [6, 6.07) is 9.38. The highest BCUT2D eigenvalue weighted by Gasteiger charge is 2.13. The van der Waals surface area contributed by atoms with Crippen LogP contribution in [0.1, 0.15) is 11.1 Å². The predicted molar refractivity (Wildman–Crippen MR) is 102 cm³/mol. The molecule has 1 amide bonds. The first-order valence-electron chi connectivity index (χ1n) is 8.95. The minimum Gasteiger partial charge on any atom is -0.497 e. The molecule has 7 heteroatoms. The molecule has 0 bridgehead atoms. The van der Waals surface area contributed by atoms with E-state index in [4.69, 9.17) is 14.2 Å². The van der Waals surface area contributed by atoms with E-state index in [1.807, 2.05) is 24.3 Å². The summed E-state index contributed by atoms with van der Waals surface area (Å²) < 4.78 is 15.9. The van der Waals surface area contributed by atoms with Gasteiger partial charge in [0, 0.05) is 37.5 Å². The maximum absolute atomic E-state index is 12.4. The highest BCUT2D eigenvalue weighted by molar-refractivity contribution is 5.79. The molecule has 3 rings (SSSR count). The third-order valence-corrected chi connectivity index (χ3v) is 4.48. The number of hydrogen-bond acceptors (Lipinski definition) is 6. The van der Waals surface area contributed by atoms with Gasteiger partial charge < -0.3 is 24.4 Å². The molecule has 0 aliphatic carbocycles. The number of carbonyl (C=O) groups excluding carboxylic acids is 1. The lowest BCUT2D eigenvalue weighted by atomic mass is 10.1. The van der Waals surface area contributed by atoms with Gasteiger partial charge in [0.15, 0.2) is 0 Å². The standard InChI is InChI=1S/C20H25N3O4/c1-25-17-4-3-16(18(13-17)26-2)12-20(24)22-14-15-5-6-21-19(11-15)23-7-9-27-10-8-23/h3-6,11,13H,7-10,12,14H2,1-2H3,(H,22,24). The average Bonchev–Trinajstić information content (AvgIpc) is 2.73. The summed E-state index contributed by atoms with van der Waals surface area (Å²) >= 11 is 0. The number of amides is 1. The number of pyridine rings is 1. The molecule has 27 heavy (non-hydrogen) atoms. The van der Waals surface area contributed by atoms with Gasteiger partial charge in [0.1, 0.15) is 17.3 Å².